The van der Waals surface area contributed by atoms with Crippen LogP contribution in [-0.2, 0) is 27.8 Å². The number of benzene rings is 1. The van der Waals surface area contributed by atoms with E-state index in [2.05, 4.69) is 25.0 Å². The maximum Gasteiger partial charge on any atom is 0.263 e. The van der Waals surface area contributed by atoms with Crippen LogP contribution >= 0.6 is 0 Å². The summed E-state index contributed by atoms with van der Waals surface area (Å²) >= 11 is 0. The van der Waals surface area contributed by atoms with Crippen LogP contribution in [0, 0.1) is 0 Å². The summed E-state index contributed by atoms with van der Waals surface area (Å²) < 4.78 is 31.4. The largest absolute Gasteiger partial charge is 0.352 e. The monoisotopic (exact) mass is 324 g/mol. The SMILES string of the molecule is CCc1nonc1NS(=O)(=O)c1ccc(CNC(C)=O)cc1. The second-order valence-corrected chi connectivity index (χ2v) is 6.25. The molecular formula is C13H16N4O4S. The molecule has 0 bridgehead atoms. The van der Waals surface area contributed by atoms with Crippen LogP contribution in [-0.4, -0.2) is 24.6 Å². The van der Waals surface area contributed by atoms with E-state index in [-0.39, 0.29) is 16.6 Å². The first kappa shape index (κ1) is 16.0. The molecule has 1 amide bonds. The molecule has 118 valence electrons. The van der Waals surface area contributed by atoms with Crippen molar-refractivity contribution in [2.24, 2.45) is 0 Å². The zero-order valence-corrected chi connectivity index (χ0v) is 13.0. The van der Waals surface area contributed by atoms with Crippen molar-refractivity contribution in [3.05, 3.63) is 35.5 Å². The first-order chi connectivity index (χ1) is 10.4. The average Bonchev–Trinajstić information content (AvgIpc) is 2.92. The van der Waals surface area contributed by atoms with Gasteiger partial charge >= 0.3 is 0 Å². The fourth-order valence-corrected chi connectivity index (χ4v) is 2.74. The van der Waals surface area contributed by atoms with E-state index in [0.29, 0.717) is 18.7 Å². The zero-order valence-electron chi connectivity index (χ0n) is 12.2. The Bertz CT molecular complexity index is 753. The molecule has 22 heavy (non-hydrogen) atoms. The summed E-state index contributed by atoms with van der Waals surface area (Å²) in [5, 5.41) is 9.79. The number of aromatic nitrogens is 2. The minimum Gasteiger partial charge on any atom is -0.352 e. The third-order valence-corrected chi connectivity index (χ3v) is 4.25. The molecule has 0 spiro atoms. The van der Waals surface area contributed by atoms with Crippen molar-refractivity contribution in [3.8, 4) is 0 Å². The molecule has 0 atom stereocenters. The molecule has 8 nitrogen and oxygen atoms in total. The molecular weight excluding hydrogens is 308 g/mol. The minimum atomic E-state index is -3.76. The summed E-state index contributed by atoms with van der Waals surface area (Å²) in [6.45, 7) is 3.57. The van der Waals surface area contributed by atoms with E-state index in [1.165, 1.54) is 19.1 Å². The van der Waals surface area contributed by atoms with Gasteiger partial charge < -0.3 is 5.32 Å². The van der Waals surface area contributed by atoms with Crippen molar-refractivity contribution < 1.29 is 17.8 Å². The van der Waals surface area contributed by atoms with E-state index in [1.807, 2.05) is 6.92 Å². The number of nitrogens with one attached hydrogen (secondary N) is 2. The van der Waals surface area contributed by atoms with Gasteiger partial charge in [0.1, 0.15) is 5.69 Å². The predicted octanol–water partition coefficient (Wildman–Crippen LogP) is 1.07. The van der Waals surface area contributed by atoms with Crippen LogP contribution in [0.1, 0.15) is 25.1 Å². The predicted molar refractivity (Wildman–Crippen MR) is 78.4 cm³/mol. The first-order valence-corrected chi connectivity index (χ1v) is 8.08. The van der Waals surface area contributed by atoms with Gasteiger partial charge in [0.15, 0.2) is 0 Å². The third kappa shape index (κ3) is 3.82. The van der Waals surface area contributed by atoms with Crippen LogP contribution in [0.5, 0.6) is 0 Å². The summed E-state index contributed by atoms with van der Waals surface area (Å²) in [6.07, 6.45) is 0.497. The van der Waals surface area contributed by atoms with Gasteiger partial charge in [-0.05, 0) is 29.3 Å². The Morgan fingerprint density at radius 1 is 1.23 bits per heavy atom. The minimum absolute atomic E-state index is 0.0872. The Balaban J connectivity index is 2.14. The summed E-state index contributed by atoms with van der Waals surface area (Å²) in [5.41, 5.74) is 1.23. The second-order valence-electron chi connectivity index (χ2n) is 4.57. The van der Waals surface area contributed by atoms with Gasteiger partial charge in [-0.1, -0.05) is 24.2 Å². The molecule has 0 unspecified atom stereocenters. The van der Waals surface area contributed by atoms with Crippen LogP contribution in [0.3, 0.4) is 0 Å². The molecule has 0 aliphatic carbocycles. The summed E-state index contributed by atoms with van der Waals surface area (Å²) in [5.74, 6) is -0.0613. The van der Waals surface area contributed by atoms with Crippen molar-refractivity contribution >= 4 is 21.7 Å². The topological polar surface area (TPSA) is 114 Å². The molecule has 0 saturated carbocycles. The van der Waals surface area contributed by atoms with Crippen LogP contribution in [0.15, 0.2) is 33.8 Å². The highest BCUT2D eigenvalue weighted by molar-refractivity contribution is 7.92. The Hall–Kier alpha value is -2.42. The van der Waals surface area contributed by atoms with E-state index in [9.17, 15) is 13.2 Å². The molecule has 0 aliphatic heterocycles. The second kappa shape index (κ2) is 6.56. The quantitative estimate of drug-likeness (QED) is 0.821. The van der Waals surface area contributed by atoms with Gasteiger partial charge in [-0.2, -0.15) is 0 Å². The molecule has 2 N–H and O–H groups in total. The Kier molecular flexibility index (Phi) is 4.76. The number of carbonyl (C=O) groups is 1. The molecule has 9 heteroatoms. The van der Waals surface area contributed by atoms with Crippen LogP contribution in [0.25, 0.3) is 0 Å². The van der Waals surface area contributed by atoms with Gasteiger partial charge in [0.2, 0.25) is 11.7 Å². The lowest BCUT2D eigenvalue weighted by atomic mass is 10.2. The van der Waals surface area contributed by atoms with E-state index in [0.717, 1.165) is 5.56 Å². The Morgan fingerprint density at radius 2 is 1.91 bits per heavy atom. The number of carbonyl (C=O) groups excluding carboxylic acids is 1. The standard InChI is InChI=1S/C13H16N4O4S/c1-3-12-13(16-21-15-12)17-22(19,20)11-6-4-10(5-7-11)8-14-9(2)18/h4-7H,3,8H2,1-2H3,(H,14,18)(H,16,17). The first-order valence-electron chi connectivity index (χ1n) is 6.60. The average molecular weight is 324 g/mol. The maximum absolute atomic E-state index is 12.3. The fraction of sp³-hybridized carbons (Fsp3) is 0.308. The molecule has 0 fully saturated rings. The van der Waals surface area contributed by atoms with Crippen molar-refractivity contribution in [3.63, 3.8) is 0 Å². The number of hydrogen-bond acceptors (Lipinski definition) is 6. The van der Waals surface area contributed by atoms with E-state index in [1.54, 1.807) is 12.1 Å². The van der Waals surface area contributed by atoms with Crippen molar-refractivity contribution in [1.82, 2.24) is 15.6 Å². The zero-order chi connectivity index (χ0) is 16.2. The molecule has 2 rings (SSSR count). The van der Waals surface area contributed by atoms with Gasteiger partial charge in [0, 0.05) is 13.5 Å². The van der Waals surface area contributed by atoms with Gasteiger partial charge in [-0.25, -0.2) is 13.0 Å². The summed E-state index contributed by atoms with van der Waals surface area (Å²) in [6, 6.07) is 6.18. The molecule has 1 aromatic carbocycles. The number of sulfonamides is 1. The molecule has 0 saturated heterocycles. The van der Waals surface area contributed by atoms with E-state index < -0.39 is 10.0 Å². The lowest BCUT2D eigenvalue weighted by Crippen LogP contribution is -2.19. The maximum atomic E-state index is 12.3. The molecule has 2 aromatic rings. The number of anilines is 1. The lowest BCUT2D eigenvalue weighted by Gasteiger charge is -2.07. The highest BCUT2D eigenvalue weighted by atomic mass is 32.2. The van der Waals surface area contributed by atoms with E-state index in [4.69, 9.17) is 0 Å². The number of hydrogen-bond donors (Lipinski definition) is 2. The van der Waals surface area contributed by atoms with Gasteiger partial charge in [-0.3, -0.25) is 9.52 Å². The van der Waals surface area contributed by atoms with Crippen molar-refractivity contribution in [1.29, 1.82) is 0 Å². The van der Waals surface area contributed by atoms with Crippen molar-refractivity contribution in [2.75, 3.05) is 4.72 Å². The number of amides is 1. The van der Waals surface area contributed by atoms with Crippen LogP contribution in [0.2, 0.25) is 0 Å². The number of aryl methyl sites for hydroxylation is 1. The molecule has 1 aromatic heterocycles. The van der Waals surface area contributed by atoms with Gasteiger partial charge in [0.25, 0.3) is 10.0 Å². The molecule has 1 heterocycles. The van der Waals surface area contributed by atoms with Gasteiger partial charge in [-0.15, -0.1) is 0 Å². The normalized spacial score (nSPS) is 11.2. The number of rotatable bonds is 6. The van der Waals surface area contributed by atoms with Gasteiger partial charge in [0.05, 0.1) is 4.90 Å². The highest BCUT2D eigenvalue weighted by Gasteiger charge is 2.18. The van der Waals surface area contributed by atoms with Crippen molar-refractivity contribution in [2.45, 2.75) is 31.7 Å². The highest BCUT2D eigenvalue weighted by Crippen LogP contribution is 2.17. The Labute approximate surface area is 127 Å². The molecule has 0 aliphatic rings. The van der Waals surface area contributed by atoms with Crippen LogP contribution in [0.4, 0.5) is 5.82 Å². The van der Waals surface area contributed by atoms with Crippen LogP contribution < -0.4 is 10.0 Å². The smallest absolute Gasteiger partial charge is 0.263 e. The fourth-order valence-electron chi connectivity index (χ4n) is 1.72. The summed E-state index contributed by atoms with van der Waals surface area (Å²) in [7, 11) is -3.76. The Morgan fingerprint density at radius 3 is 2.50 bits per heavy atom. The lowest BCUT2D eigenvalue weighted by molar-refractivity contribution is -0.119. The number of nitrogens with zero attached hydrogens (tertiary/aromatic N) is 2. The summed E-state index contributed by atoms with van der Waals surface area (Å²) in [4.78, 5) is 10.9. The van der Waals surface area contributed by atoms with E-state index >= 15 is 0 Å². The molecule has 0 radical (unpaired) electrons. The third-order valence-electron chi connectivity index (χ3n) is 2.90.